The van der Waals surface area contributed by atoms with Gasteiger partial charge in [0.15, 0.2) is 0 Å². The van der Waals surface area contributed by atoms with Gasteiger partial charge in [-0.2, -0.15) is 0 Å². The quantitative estimate of drug-likeness (QED) is 0.824. The Morgan fingerprint density at radius 2 is 1.96 bits per heavy atom. The number of fused-ring (bicyclic) bond motifs is 1. The first-order chi connectivity index (χ1) is 12.7. The van der Waals surface area contributed by atoms with Crippen molar-refractivity contribution in [1.29, 1.82) is 0 Å². The molecule has 26 heavy (non-hydrogen) atoms. The summed E-state index contributed by atoms with van der Waals surface area (Å²) in [5.74, 6) is 0.720. The van der Waals surface area contributed by atoms with Crippen LogP contribution in [0.5, 0.6) is 0 Å². The highest BCUT2D eigenvalue weighted by Crippen LogP contribution is 2.32. The Hall–Kier alpha value is -2.05. The molecule has 2 unspecified atom stereocenters. The fourth-order valence-corrected chi connectivity index (χ4v) is 4.77. The van der Waals surface area contributed by atoms with Crippen LogP contribution in [0.2, 0.25) is 0 Å². The Morgan fingerprint density at radius 3 is 2.73 bits per heavy atom. The first kappa shape index (κ1) is 17.4. The number of hydrogen-bond acceptors (Lipinski definition) is 3. The number of rotatable bonds is 4. The molecule has 3 aliphatic rings. The van der Waals surface area contributed by atoms with Crippen molar-refractivity contribution in [1.82, 2.24) is 24.3 Å². The number of hydrogen-bond donors (Lipinski definition) is 0. The van der Waals surface area contributed by atoms with E-state index in [1.807, 2.05) is 22.3 Å². The molecule has 0 bridgehead atoms. The van der Waals surface area contributed by atoms with Gasteiger partial charge in [0.05, 0.1) is 6.33 Å². The molecule has 3 amide bonds. The number of carbonyl (C=O) groups excluding carboxylic acids is 2. The first-order valence-electron chi connectivity index (χ1n) is 10.0. The average Bonchev–Trinajstić information content (AvgIpc) is 3.36. The lowest BCUT2D eigenvalue weighted by atomic mass is 9.83. The molecular formula is C19H29N5O2. The molecule has 7 heteroatoms. The molecule has 3 saturated heterocycles. The second-order valence-corrected chi connectivity index (χ2v) is 7.82. The van der Waals surface area contributed by atoms with Crippen molar-refractivity contribution in [3.05, 3.63) is 18.7 Å². The molecule has 0 aromatic carbocycles. The maximum absolute atomic E-state index is 12.7. The van der Waals surface area contributed by atoms with Crippen molar-refractivity contribution in [2.75, 3.05) is 32.7 Å². The minimum absolute atomic E-state index is 0.213. The molecule has 3 fully saturated rings. The van der Waals surface area contributed by atoms with Gasteiger partial charge in [-0.1, -0.05) is 0 Å². The lowest BCUT2D eigenvalue weighted by molar-refractivity contribution is -0.140. The highest BCUT2D eigenvalue weighted by Gasteiger charge is 2.40. The van der Waals surface area contributed by atoms with Crippen LogP contribution in [-0.2, 0) is 11.3 Å². The molecule has 2 atom stereocenters. The third kappa shape index (κ3) is 3.57. The number of aromatic nitrogens is 2. The van der Waals surface area contributed by atoms with Crippen LogP contribution in [0.3, 0.4) is 0 Å². The fraction of sp³-hybridized carbons (Fsp3) is 0.737. The van der Waals surface area contributed by atoms with Gasteiger partial charge in [-0.15, -0.1) is 0 Å². The van der Waals surface area contributed by atoms with E-state index < -0.39 is 0 Å². The Balaban J connectivity index is 1.33. The van der Waals surface area contributed by atoms with Crippen LogP contribution < -0.4 is 0 Å². The molecule has 0 spiro atoms. The minimum Gasteiger partial charge on any atom is -0.339 e. The van der Waals surface area contributed by atoms with Crippen LogP contribution in [0.1, 0.15) is 38.5 Å². The number of likely N-dealkylation sites (tertiary alicyclic amines) is 3. The van der Waals surface area contributed by atoms with Crippen LogP contribution >= 0.6 is 0 Å². The molecule has 0 aliphatic carbocycles. The van der Waals surface area contributed by atoms with E-state index in [0.29, 0.717) is 18.4 Å². The van der Waals surface area contributed by atoms with Crippen LogP contribution in [0.4, 0.5) is 4.79 Å². The van der Waals surface area contributed by atoms with Crippen molar-refractivity contribution in [3.8, 4) is 0 Å². The van der Waals surface area contributed by atoms with E-state index in [2.05, 4.69) is 14.5 Å². The monoisotopic (exact) mass is 359 g/mol. The zero-order valence-corrected chi connectivity index (χ0v) is 15.4. The summed E-state index contributed by atoms with van der Waals surface area (Å²) in [6.07, 6.45) is 11.2. The third-order valence-electron chi connectivity index (χ3n) is 6.17. The van der Waals surface area contributed by atoms with E-state index in [4.69, 9.17) is 0 Å². The molecular weight excluding hydrogens is 330 g/mol. The zero-order chi connectivity index (χ0) is 17.9. The van der Waals surface area contributed by atoms with Gasteiger partial charge in [-0.05, 0) is 38.0 Å². The van der Waals surface area contributed by atoms with E-state index in [1.165, 1.54) is 0 Å². The highest BCUT2D eigenvalue weighted by atomic mass is 16.2. The Bertz CT molecular complexity index is 626. The summed E-state index contributed by atoms with van der Waals surface area (Å²) in [4.78, 5) is 35.4. The Kier molecular flexibility index (Phi) is 5.13. The normalized spacial score (nSPS) is 26.3. The molecule has 0 saturated carbocycles. The minimum atomic E-state index is 0.213. The van der Waals surface area contributed by atoms with Gasteiger partial charge in [0, 0.05) is 64.1 Å². The van der Waals surface area contributed by atoms with Crippen molar-refractivity contribution >= 4 is 11.9 Å². The lowest BCUT2D eigenvalue weighted by Gasteiger charge is -2.47. The number of imidazole rings is 1. The van der Waals surface area contributed by atoms with Gasteiger partial charge in [0.2, 0.25) is 5.91 Å². The lowest BCUT2D eigenvalue weighted by Crippen LogP contribution is -2.58. The second kappa shape index (κ2) is 7.68. The van der Waals surface area contributed by atoms with E-state index in [9.17, 15) is 9.59 Å². The van der Waals surface area contributed by atoms with E-state index in [1.54, 1.807) is 6.20 Å². The average molecular weight is 359 g/mol. The zero-order valence-electron chi connectivity index (χ0n) is 15.4. The van der Waals surface area contributed by atoms with Crippen LogP contribution in [-0.4, -0.2) is 75.0 Å². The molecule has 142 valence electrons. The summed E-state index contributed by atoms with van der Waals surface area (Å²) in [5, 5.41) is 0. The molecule has 3 aliphatic heterocycles. The van der Waals surface area contributed by atoms with Crippen LogP contribution in [0.25, 0.3) is 0 Å². The molecule has 4 rings (SSSR count). The summed E-state index contributed by atoms with van der Waals surface area (Å²) in [5.41, 5.74) is 0. The summed E-state index contributed by atoms with van der Waals surface area (Å²) >= 11 is 0. The van der Waals surface area contributed by atoms with Gasteiger partial charge in [-0.3, -0.25) is 4.79 Å². The van der Waals surface area contributed by atoms with E-state index in [-0.39, 0.29) is 11.9 Å². The molecule has 0 N–H and O–H groups in total. The number of nitrogens with zero attached hydrogens (tertiary/aromatic N) is 5. The van der Waals surface area contributed by atoms with Gasteiger partial charge >= 0.3 is 6.03 Å². The highest BCUT2D eigenvalue weighted by molar-refractivity contribution is 5.78. The number of urea groups is 1. The molecule has 1 aromatic heterocycles. The predicted octanol–water partition coefficient (Wildman–Crippen LogP) is 1.80. The smallest absolute Gasteiger partial charge is 0.320 e. The van der Waals surface area contributed by atoms with Crippen molar-refractivity contribution in [2.24, 2.45) is 5.92 Å². The molecule has 1 aromatic rings. The maximum atomic E-state index is 12.7. The fourth-order valence-electron chi connectivity index (χ4n) is 4.77. The van der Waals surface area contributed by atoms with E-state index >= 15 is 0 Å². The molecule has 0 radical (unpaired) electrons. The third-order valence-corrected chi connectivity index (χ3v) is 6.17. The SMILES string of the molecule is O=C(N1CCCC1)N1CCC2C(CCC(=O)N2CCCn2ccnc2)C1. The first-order valence-corrected chi connectivity index (χ1v) is 10.0. The van der Waals surface area contributed by atoms with Gasteiger partial charge in [0.1, 0.15) is 0 Å². The summed E-state index contributed by atoms with van der Waals surface area (Å²) < 4.78 is 2.06. The predicted molar refractivity (Wildman–Crippen MR) is 97.5 cm³/mol. The maximum Gasteiger partial charge on any atom is 0.320 e. The van der Waals surface area contributed by atoms with Crippen molar-refractivity contribution in [2.45, 2.75) is 51.1 Å². The number of amides is 3. The van der Waals surface area contributed by atoms with Crippen LogP contribution in [0, 0.1) is 5.92 Å². The number of carbonyl (C=O) groups is 2. The van der Waals surface area contributed by atoms with Gasteiger partial charge in [-0.25, -0.2) is 9.78 Å². The van der Waals surface area contributed by atoms with Gasteiger partial charge in [0.25, 0.3) is 0 Å². The molecule has 7 nitrogen and oxygen atoms in total. The van der Waals surface area contributed by atoms with Crippen molar-refractivity contribution < 1.29 is 9.59 Å². The van der Waals surface area contributed by atoms with Crippen LogP contribution in [0.15, 0.2) is 18.7 Å². The number of piperidine rings is 2. The van der Waals surface area contributed by atoms with Gasteiger partial charge < -0.3 is 19.3 Å². The number of aryl methyl sites for hydroxylation is 1. The van der Waals surface area contributed by atoms with Crippen molar-refractivity contribution in [3.63, 3.8) is 0 Å². The largest absolute Gasteiger partial charge is 0.339 e. The summed E-state index contributed by atoms with van der Waals surface area (Å²) in [6.45, 7) is 5.09. The molecule has 4 heterocycles. The topological polar surface area (TPSA) is 61.7 Å². The summed E-state index contributed by atoms with van der Waals surface area (Å²) in [6, 6.07) is 0.520. The standard InChI is InChI=1S/C19H29N5O2/c25-18-5-4-16-14-23(19(26)22-9-1-2-10-22)12-6-17(16)24(18)11-3-8-21-13-7-20-15-21/h7,13,15-17H,1-6,8-12,14H2. The Morgan fingerprint density at radius 1 is 1.12 bits per heavy atom. The van der Waals surface area contributed by atoms with E-state index in [0.717, 1.165) is 71.4 Å². The summed E-state index contributed by atoms with van der Waals surface area (Å²) in [7, 11) is 0. The second-order valence-electron chi connectivity index (χ2n) is 7.82. The Labute approximate surface area is 154 Å².